The number of esters is 2. The number of hydrogen-bond acceptors (Lipinski definition) is 9. The SMILES string of the molecule is COC1CCN(Sc2cc(N)ccc2-c2ccn3ncc(CC(=O)OCOC(=O)C(C)(C)C)c3c2)CC1. The second-order valence-electron chi connectivity index (χ2n) is 10.1. The quantitative estimate of drug-likeness (QED) is 0.198. The minimum Gasteiger partial charge on any atom is -0.428 e. The number of methoxy groups -OCH3 is 1. The molecule has 4 rings (SSSR count). The van der Waals surface area contributed by atoms with E-state index in [4.69, 9.17) is 19.9 Å². The Balaban J connectivity index is 1.49. The van der Waals surface area contributed by atoms with E-state index in [0.29, 0.717) is 11.8 Å². The fourth-order valence-corrected chi connectivity index (χ4v) is 5.20. The normalized spacial score (nSPS) is 15.1. The number of piperidine rings is 1. The lowest BCUT2D eigenvalue weighted by Gasteiger charge is -2.30. The van der Waals surface area contributed by atoms with Gasteiger partial charge >= 0.3 is 11.9 Å². The van der Waals surface area contributed by atoms with Crippen LogP contribution in [0.3, 0.4) is 0 Å². The predicted molar refractivity (Wildman–Crippen MR) is 143 cm³/mol. The van der Waals surface area contributed by atoms with Crippen molar-refractivity contribution in [3.63, 3.8) is 0 Å². The van der Waals surface area contributed by atoms with E-state index < -0.39 is 24.1 Å². The molecule has 198 valence electrons. The molecule has 1 aliphatic rings. The fraction of sp³-hybridized carbons (Fsp3) is 0.444. The summed E-state index contributed by atoms with van der Waals surface area (Å²) in [6.07, 6.45) is 5.85. The number of carbonyl (C=O) groups is 2. The first-order valence-corrected chi connectivity index (χ1v) is 13.1. The van der Waals surface area contributed by atoms with Crippen LogP contribution < -0.4 is 5.73 Å². The summed E-state index contributed by atoms with van der Waals surface area (Å²) < 4.78 is 19.7. The maximum atomic E-state index is 12.4. The number of anilines is 1. The summed E-state index contributed by atoms with van der Waals surface area (Å²) in [5, 5.41) is 4.37. The van der Waals surface area contributed by atoms with Gasteiger partial charge in [0.1, 0.15) is 0 Å². The van der Waals surface area contributed by atoms with Crippen LogP contribution in [0.1, 0.15) is 39.2 Å². The van der Waals surface area contributed by atoms with Crippen molar-refractivity contribution in [3.05, 3.63) is 48.3 Å². The third-order valence-corrected chi connectivity index (χ3v) is 7.39. The number of aromatic nitrogens is 2. The minimum absolute atomic E-state index is 0.0117. The highest BCUT2D eigenvalue weighted by Gasteiger charge is 2.24. The second-order valence-corrected chi connectivity index (χ2v) is 11.3. The molecule has 3 aromatic rings. The second kappa shape index (κ2) is 11.5. The van der Waals surface area contributed by atoms with Crippen molar-refractivity contribution in [3.8, 4) is 11.1 Å². The highest BCUT2D eigenvalue weighted by molar-refractivity contribution is 7.97. The molecule has 0 radical (unpaired) electrons. The van der Waals surface area contributed by atoms with E-state index in [-0.39, 0.29) is 6.42 Å². The molecule has 0 amide bonds. The molecule has 0 spiro atoms. The van der Waals surface area contributed by atoms with Crippen LogP contribution in [0.5, 0.6) is 0 Å². The van der Waals surface area contributed by atoms with E-state index in [1.54, 1.807) is 50.5 Å². The molecular weight excluding hydrogens is 492 g/mol. The largest absolute Gasteiger partial charge is 0.428 e. The maximum absolute atomic E-state index is 12.4. The summed E-state index contributed by atoms with van der Waals surface area (Å²) >= 11 is 1.71. The third kappa shape index (κ3) is 6.82. The molecule has 2 aromatic heterocycles. The van der Waals surface area contributed by atoms with Crippen molar-refractivity contribution in [1.82, 2.24) is 13.9 Å². The number of nitrogen functional groups attached to an aromatic ring is 1. The Morgan fingerprint density at radius 1 is 1.14 bits per heavy atom. The number of nitrogens with zero attached hydrogens (tertiary/aromatic N) is 3. The molecular formula is C27H34N4O5S. The average molecular weight is 527 g/mol. The monoisotopic (exact) mass is 526 g/mol. The Morgan fingerprint density at radius 3 is 2.59 bits per heavy atom. The summed E-state index contributed by atoms with van der Waals surface area (Å²) in [5.74, 6) is -0.925. The third-order valence-electron chi connectivity index (χ3n) is 6.24. The van der Waals surface area contributed by atoms with Crippen LogP contribution in [0.25, 0.3) is 16.6 Å². The summed E-state index contributed by atoms with van der Waals surface area (Å²) in [6.45, 7) is 6.69. The number of pyridine rings is 1. The average Bonchev–Trinajstić information content (AvgIpc) is 3.25. The van der Waals surface area contributed by atoms with E-state index in [1.807, 2.05) is 36.5 Å². The van der Waals surface area contributed by atoms with Crippen LogP contribution in [-0.2, 0) is 30.2 Å². The lowest BCUT2D eigenvalue weighted by atomic mass is 9.98. The van der Waals surface area contributed by atoms with Gasteiger partial charge in [-0.05, 0) is 81.0 Å². The van der Waals surface area contributed by atoms with Crippen LogP contribution in [0.2, 0.25) is 0 Å². The number of nitrogens with two attached hydrogens (primary N) is 1. The van der Waals surface area contributed by atoms with Gasteiger partial charge in [0.25, 0.3) is 0 Å². The lowest BCUT2D eigenvalue weighted by molar-refractivity contribution is -0.172. The first-order valence-electron chi connectivity index (χ1n) is 12.3. The molecule has 1 saturated heterocycles. The zero-order chi connectivity index (χ0) is 26.6. The zero-order valence-corrected chi connectivity index (χ0v) is 22.5. The molecule has 37 heavy (non-hydrogen) atoms. The Labute approximate surface area is 221 Å². The van der Waals surface area contributed by atoms with Gasteiger partial charge in [-0.3, -0.25) is 9.59 Å². The van der Waals surface area contributed by atoms with Gasteiger partial charge in [0, 0.05) is 42.5 Å². The molecule has 1 aromatic carbocycles. The number of benzene rings is 1. The smallest absolute Gasteiger partial charge is 0.314 e. The van der Waals surface area contributed by atoms with Gasteiger partial charge in [-0.2, -0.15) is 5.10 Å². The van der Waals surface area contributed by atoms with Crippen molar-refractivity contribution in [2.24, 2.45) is 5.41 Å². The summed E-state index contributed by atoms with van der Waals surface area (Å²) in [7, 11) is 1.77. The number of carbonyl (C=O) groups excluding carboxylic acids is 2. The topological polar surface area (TPSA) is 108 Å². The predicted octanol–water partition coefficient (Wildman–Crippen LogP) is 4.33. The van der Waals surface area contributed by atoms with Crippen LogP contribution >= 0.6 is 11.9 Å². The Morgan fingerprint density at radius 2 is 1.89 bits per heavy atom. The van der Waals surface area contributed by atoms with Crippen LogP contribution in [0, 0.1) is 5.41 Å². The van der Waals surface area contributed by atoms with Gasteiger partial charge in [0.05, 0.1) is 29.7 Å². The Hall–Kier alpha value is -3.08. The summed E-state index contributed by atoms with van der Waals surface area (Å²) in [5.41, 5.74) is 9.76. The molecule has 0 atom stereocenters. The van der Waals surface area contributed by atoms with Crippen LogP contribution in [0.4, 0.5) is 5.69 Å². The van der Waals surface area contributed by atoms with Crippen LogP contribution in [-0.4, -0.2) is 59.0 Å². The van der Waals surface area contributed by atoms with Crippen molar-refractivity contribution < 1.29 is 23.8 Å². The molecule has 0 aliphatic carbocycles. The molecule has 0 saturated carbocycles. The van der Waals surface area contributed by atoms with Crippen molar-refractivity contribution in [2.45, 2.75) is 51.0 Å². The van der Waals surface area contributed by atoms with E-state index in [0.717, 1.165) is 53.0 Å². The van der Waals surface area contributed by atoms with Crippen LogP contribution in [0.15, 0.2) is 47.6 Å². The molecule has 1 fully saturated rings. The first-order chi connectivity index (χ1) is 17.6. The molecule has 2 N–H and O–H groups in total. The highest BCUT2D eigenvalue weighted by atomic mass is 32.2. The standard InChI is InChI=1S/C27H34N4O5S/c1-27(2,3)26(33)36-17-35-25(32)14-19-16-29-31-12-7-18(13-23(19)31)22-6-5-20(28)15-24(22)37-30-10-8-21(34-4)9-11-30/h5-7,12-13,15-16,21H,8-11,14,17,28H2,1-4H3. The van der Waals surface area contributed by atoms with Crippen molar-refractivity contribution >= 4 is 35.1 Å². The van der Waals surface area contributed by atoms with Gasteiger partial charge in [0.2, 0.25) is 6.79 Å². The molecule has 0 unspecified atom stereocenters. The highest BCUT2D eigenvalue weighted by Crippen LogP contribution is 2.37. The van der Waals surface area contributed by atoms with E-state index >= 15 is 0 Å². The Kier molecular flexibility index (Phi) is 8.41. The van der Waals surface area contributed by atoms with Gasteiger partial charge in [-0.15, -0.1) is 0 Å². The maximum Gasteiger partial charge on any atom is 0.314 e. The summed E-state index contributed by atoms with van der Waals surface area (Å²) in [4.78, 5) is 25.4. The lowest BCUT2D eigenvalue weighted by Crippen LogP contribution is -2.32. The molecule has 0 bridgehead atoms. The Bertz CT molecular complexity index is 1260. The van der Waals surface area contributed by atoms with E-state index in [9.17, 15) is 9.59 Å². The van der Waals surface area contributed by atoms with Gasteiger partial charge < -0.3 is 19.9 Å². The number of hydrogen-bond donors (Lipinski definition) is 1. The number of rotatable bonds is 8. The van der Waals surface area contributed by atoms with Crippen molar-refractivity contribution in [1.29, 1.82) is 0 Å². The van der Waals surface area contributed by atoms with E-state index in [2.05, 4.69) is 9.40 Å². The molecule has 1 aliphatic heterocycles. The molecule has 9 nitrogen and oxygen atoms in total. The molecule has 3 heterocycles. The minimum atomic E-state index is -0.662. The molecule has 10 heteroatoms. The van der Waals surface area contributed by atoms with Gasteiger partial charge in [-0.25, -0.2) is 8.82 Å². The fourth-order valence-electron chi connectivity index (χ4n) is 4.06. The number of ether oxygens (including phenoxy) is 3. The zero-order valence-electron chi connectivity index (χ0n) is 21.7. The van der Waals surface area contributed by atoms with Crippen molar-refractivity contribution in [2.75, 3.05) is 32.7 Å². The number of fused-ring (bicyclic) bond motifs is 1. The first kappa shape index (κ1) is 27.0. The van der Waals surface area contributed by atoms with Gasteiger partial charge in [0.15, 0.2) is 0 Å². The van der Waals surface area contributed by atoms with Gasteiger partial charge in [-0.1, -0.05) is 6.07 Å². The summed E-state index contributed by atoms with van der Waals surface area (Å²) in [6, 6.07) is 9.94. The van der Waals surface area contributed by atoms with E-state index in [1.165, 1.54) is 0 Å².